The van der Waals surface area contributed by atoms with Crippen molar-refractivity contribution >= 4 is 82.1 Å². The van der Waals surface area contributed by atoms with Crippen LogP contribution in [-0.2, 0) is 0 Å². The molecule has 10 rings (SSSR count). The van der Waals surface area contributed by atoms with Crippen LogP contribution in [0.25, 0.3) is 93.2 Å². The molecule has 6 aromatic carbocycles. The van der Waals surface area contributed by atoms with Crippen molar-refractivity contribution in [1.29, 1.82) is 0 Å². The highest BCUT2D eigenvalue weighted by Gasteiger charge is 2.23. The Bertz CT molecular complexity index is 2660. The van der Waals surface area contributed by atoms with Crippen LogP contribution in [0, 0.1) is 0 Å². The first-order valence-corrected chi connectivity index (χ1v) is 13.5. The van der Waals surface area contributed by atoms with Crippen molar-refractivity contribution in [2.75, 3.05) is 0 Å². The van der Waals surface area contributed by atoms with E-state index in [-0.39, 0.29) is 0 Å². The van der Waals surface area contributed by atoms with Gasteiger partial charge in [0.2, 0.25) is 0 Å². The Kier molecular flexibility index (Phi) is 3.65. The number of hydrogen-bond donors (Lipinski definition) is 0. The van der Waals surface area contributed by atoms with Gasteiger partial charge in [-0.05, 0) is 64.4 Å². The molecule has 0 fully saturated rings. The van der Waals surface area contributed by atoms with Crippen molar-refractivity contribution in [3.05, 3.63) is 115 Å². The second kappa shape index (κ2) is 7.13. The van der Waals surface area contributed by atoms with Crippen LogP contribution in [0.5, 0.6) is 0 Å². The van der Waals surface area contributed by atoms with Gasteiger partial charge in [-0.2, -0.15) is 0 Å². The van der Waals surface area contributed by atoms with Gasteiger partial charge in [0.05, 0.1) is 22.1 Å². The maximum absolute atomic E-state index is 6.42. The molecule has 10 aromatic rings. The second-order valence-corrected chi connectivity index (χ2v) is 10.6. The van der Waals surface area contributed by atoms with E-state index in [0.29, 0.717) is 0 Å². The minimum absolute atomic E-state index is 0.893. The average Bonchev–Trinajstić information content (AvgIpc) is 3.65. The fraction of sp³-hybridized carbons (Fsp3) is 0. The van der Waals surface area contributed by atoms with E-state index in [4.69, 9.17) is 14.4 Å². The maximum Gasteiger partial charge on any atom is 0.165 e. The SMILES string of the molecule is c1ccc2cc(-c3ccc4oc5ccc6c(c7cccc8c9nc%10ccccc%10nc9n6c87)c5c4c3)ccc2c1. The summed E-state index contributed by atoms with van der Waals surface area (Å²) in [6, 6.07) is 40.6. The highest BCUT2D eigenvalue weighted by molar-refractivity contribution is 6.31. The molecule has 0 aliphatic carbocycles. The van der Waals surface area contributed by atoms with Crippen LogP contribution in [0.2, 0.25) is 0 Å². The van der Waals surface area contributed by atoms with Crippen LogP contribution in [0.15, 0.2) is 120 Å². The Morgan fingerprint density at radius 1 is 0.525 bits per heavy atom. The van der Waals surface area contributed by atoms with Crippen molar-refractivity contribution in [3.63, 3.8) is 0 Å². The van der Waals surface area contributed by atoms with Gasteiger partial charge >= 0.3 is 0 Å². The number of hydrogen-bond acceptors (Lipinski definition) is 3. The molecule has 0 amide bonds. The van der Waals surface area contributed by atoms with Gasteiger partial charge in [-0.25, -0.2) is 9.97 Å². The van der Waals surface area contributed by atoms with Gasteiger partial charge < -0.3 is 4.42 Å². The standard InChI is InChI=1S/C36H19N3O/c1-2-7-21-18-22(13-12-20(21)6-1)23-14-16-30-26(19-23)33-31(40-30)17-15-29-32(33)24-8-5-9-25-34-36(39(29)35(24)25)38-28-11-4-3-10-27(28)37-34/h1-19H. The molecule has 0 atom stereocenters. The molecule has 4 nitrogen and oxygen atoms in total. The van der Waals surface area contributed by atoms with Crippen LogP contribution in [0.3, 0.4) is 0 Å². The molecule has 0 aliphatic rings. The maximum atomic E-state index is 6.42. The number of aromatic nitrogens is 3. The minimum atomic E-state index is 0.893. The average molecular weight is 510 g/mol. The molecule has 4 heterocycles. The van der Waals surface area contributed by atoms with Crippen LogP contribution >= 0.6 is 0 Å². The van der Waals surface area contributed by atoms with E-state index in [0.717, 1.165) is 60.6 Å². The number of rotatable bonds is 1. The van der Waals surface area contributed by atoms with Crippen LogP contribution in [0.4, 0.5) is 0 Å². The molecule has 40 heavy (non-hydrogen) atoms. The van der Waals surface area contributed by atoms with E-state index in [2.05, 4.69) is 95.4 Å². The van der Waals surface area contributed by atoms with Crippen molar-refractivity contribution in [3.8, 4) is 11.1 Å². The largest absolute Gasteiger partial charge is 0.456 e. The molecular weight excluding hydrogens is 490 g/mol. The molecule has 0 aliphatic heterocycles. The summed E-state index contributed by atoms with van der Waals surface area (Å²) in [4.78, 5) is 10.1. The Hall–Kier alpha value is -5.48. The zero-order valence-electron chi connectivity index (χ0n) is 21.2. The topological polar surface area (TPSA) is 43.3 Å². The van der Waals surface area contributed by atoms with Crippen molar-refractivity contribution in [2.45, 2.75) is 0 Å². The van der Waals surface area contributed by atoms with E-state index in [1.54, 1.807) is 0 Å². The van der Waals surface area contributed by atoms with Crippen molar-refractivity contribution in [2.24, 2.45) is 0 Å². The second-order valence-electron chi connectivity index (χ2n) is 10.6. The number of furan rings is 1. The van der Waals surface area contributed by atoms with Crippen LogP contribution < -0.4 is 0 Å². The van der Waals surface area contributed by atoms with Gasteiger partial charge in [0, 0.05) is 26.9 Å². The minimum Gasteiger partial charge on any atom is -0.456 e. The molecule has 0 bridgehead atoms. The fourth-order valence-corrected chi connectivity index (χ4v) is 6.71. The lowest BCUT2D eigenvalue weighted by atomic mass is 9.98. The van der Waals surface area contributed by atoms with Crippen molar-refractivity contribution < 1.29 is 4.42 Å². The van der Waals surface area contributed by atoms with Crippen molar-refractivity contribution in [1.82, 2.24) is 14.4 Å². The van der Waals surface area contributed by atoms with Crippen LogP contribution in [0.1, 0.15) is 0 Å². The molecule has 0 spiro atoms. The molecule has 0 saturated carbocycles. The first-order valence-electron chi connectivity index (χ1n) is 13.5. The van der Waals surface area contributed by atoms with Gasteiger partial charge in [0.25, 0.3) is 0 Å². The molecule has 0 N–H and O–H groups in total. The zero-order chi connectivity index (χ0) is 25.9. The lowest BCUT2D eigenvalue weighted by Gasteiger charge is -2.05. The first-order chi connectivity index (χ1) is 19.8. The Labute approximate surface area is 227 Å². The Morgan fingerprint density at radius 2 is 1.27 bits per heavy atom. The zero-order valence-corrected chi connectivity index (χ0v) is 21.2. The predicted octanol–water partition coefficient (Wildman–Crippen LogP) is 9.50. The van der Waals surface area contributed by atoms with E-state index in [1.165, 1.54) is 32.7 Å². The van der Waals surface area contributed by atoms with Gasteiger partial charge in [0.1, 0.15) is 16.7 Å². The monoisotopic (exact) mass is 509 g/mol. The first kappa shape index (κ1) is 20.5. The fourth-order valence-electron chi connectivity index (χ4n) is 6.71. The molecule has 0 unspecified atom stereocenters. The van der Waals surface area contributed by atoms with E-state index in [9.17, 15) is 0 Å². The quantitative estimate of drug-likeness (QED) is 0.221. The van der Waals surface area contributed by atoms with Gasteiger partial charge in [0.15, 0.2) is 5.65 Å². The number of fused-ring (bicyclic) bond motifs is 12. The van der Waals surface area contributed by atoms with Gasteiger partial charge in [-0.3, -0.25) is 4.40 Å². The summed E-state index contributed by atoms with van der Waals surface area (Å²) in [5.41, 5.74) is 10.1. The molecule has 0 saturated heterocycles. The van der Waals surface area contributed by atoms with Crippen LogP contribution in [-0.4, -0.2) is 14.4 Å². The summed E-state index contributed by atoms with van der Waals surface area (Å²) in [5, 5.41) is 8.28. The summed E-state index contributed by atoms with van der Waals surface area (Å²) in [5.74, 6) is 0. The van der Waals surface area contributed by atoms with E-state index >= 15 is 0 Å². The number of para-hydroxylation sites is 3. The molecule has 0 radical (unpaired) electrons. The summed E-state index contributed by atoms with van der Waals surface area (Å²) in [7, 11) is 0. The summed E-state index contributed by atoms with van der Waals surface area (Å²) < 4.78 is 8.71. The normalized spacial score (nSPS) is 12.5. The lowest BCUT2D eigenvalue weighted by molar-refractivity contribution is 0.669. The third-order valence-corrected chi connectivity index (χ3v) is 8.49. The number of benzene rings is 6. The Morgan fingerprint density at radius 3 is 2.20 bits per heavy atom. The molecule has 4 heteroatoms. The third-order valence-electron chi connectivity index (χ3n) is 8.49. The van der Waals surface area contributed by atoms with E-state index in [1.807, 2.05) is 24.3 Å². The van der Waals surface area contributed by atoms with Gasteiger partial charge in [-0.1, -0.05) is 72.8 Å². The lowest BCUT2D eigenvalue weighted by Crippen LogP contribution is -1.88. The highest BCUT2D eigenvalue weighted by Crippen LogP contribution is 2.44. The number of nitrogens with zero attached hydrogens (tertiary/aromatic N) is 3. The molecular formula is C36H19N3O. The summed E-state index contributed by atoms with van der Waals surface area (Å²) in [6.45, 7) is 0. The Balaban J connectivity index is 1.34. The van der Waals surface area contributed by atoms with Gasteiger partial charge in [-0.15, -0.1) is 0 Å². The smallest absolute Gasteiger partial charge is 0.165 e. The summed E-state index contributed by atoms with van der Waals surface area (Å²) >= 11 is 0. The summed E-state index contributed by atoms with van der Waals surface area (Å²) in [6.07, 6.45) is 0. The third kappa shape index (κ3) is 2.51. The van der Waals surface area contributed by atoms with E-state index < -0.39 is 0 Å². The highest BCUT2D eigenvalue weighted by atomic mass is 16.3. The molecule has 184 valence electrons. The predicted molar refractivity (Wildman–Crippen MR) is 164 cm³/mol. The molecule has 4 aromatic heterocycles.